The maximum absolute atomic E-state index is 12.8. The van der Waals surface area contributed by atoms with Crippen molar-refractivity contribution in [3.63, 3.8) is 0 Å². The predicted molar refractivity (Wildman–Crippen MR) is 73.5 cm³/mol. The first-order valence-corrected chi connectivity index (χ1v) is 6.48. The summed E-state index contributed by atoms with van der Waals surface area (Å²) < 4.78 is 12.8. The molecule has 0 aliphatic carbocycles. The Morgan fingerprint density at radius 2 is 1.95 bits per heavy atom. The van der Waals surface area contributed by atoms with Gasteiger partial charge in [0.05, 0.1) is 0 Å². The minimum absolute atomic E-state index is 0.217. The van der Waals surface area contributed by atoms with Gasteiger partial charge in [-0.05, 0) is 50.2 Å². The zero-order valence-electron chi connectivity index (χ0n) is 11.1. The summed E-state index contributed by atoms with van der Waals surface area (Å²) in [6.45, 7) is 0.983. The molecule has 0 unspecified atom stereocenters. The van der Waals surface area contributed by atoms with Crippen LogP contribution in [0.5, 0.6) is 0 Å². The topological polar surface area (TPSA) is 37.8 Å². The van der Waals surface area contributed by atoms with Crippen LogP contribution in [0, 0.1) is 5.82 Å². The summed E-state index contributed by atoms with van der Waals surface area (Å²) >= 11 is 0. The minimum Gasteiger partial charge on any atom is -0.320 e. The van der Waals surface area contributed by atoms with Crippen molar-refractivity contribution in [3.8, 4) is 0 Å². The second-order valence-electron chi connectivity index (χ2n) is 4.47. The highest BCUT2D eigenvalue weighted by molar-refractivity contribution is 5.20. The average molecular weight is 259 g/mol. The van der Waals surface area contributed by atoms with E-state index in [1.807, 2.05) is 13.1 Å². The molecule has 0 fully saturated rings. The number of halogens is 1. The number of aromatic nitrogens is 2. The summed E-state index contributed by atoms with van der Waals surface area (Å²) in [6, 6.07) is 8.42. The Labute approximate surface area is 112 Å². The van der Waals surface area contributed by atoms with Crippen LogP contribution in [0.2, 0.25) is 0 Å². The van der Waals surface area contributed by atoms with E-state index >= 15 is 0 Å². The van der Waals surface area contributed by atoms with Crippen molar-refractivity contribution in [3.05, 3.63) is 59.4 Å². The highest BCUT2D eigenvalue weighted by atomic mass is 19.1. The van der Waals surface area contributed by atoms with Crippen LogP contribution in [0.1, 0.15) is 23.5 Å². The smallest absolute Gasteiger partial charge is 0.132 e. The lowest BCUT2D eigenvalue weighted by Gasteiger charge is -2.04. The van der Waals surface area contributed by atoms with E-state index in [4.69, 9.17) is 0 Å². The van der Waals surface area contributed by atoms with Crippen molar-refractivity contribution in [2.45, 2.75) is 19.3 Å². The molecule has 0 aliphatic heterocycles. The van der Waals surface area contributed by atoms with Gasteiger partial charge in [-0.3, -0.25) is 0 Å². The maximum atomic E-state index is 12.8. The van der Waals surface area contributed by atoms with Crippen LogP contribution in [0.25, 0.3) is 0 Å². The molecule has 0 spiro atoms. The van der Waals surface area contributed by atoms with Crippen LogP contribution in [0.4, 0.5) is 4.39 Å². The third kappa shape index (κ3) is 4.41. The Balaban J connectivity index is 2.00. The molecule has 1 heterocycles. The van der Waals surface area contributed by atoms with Gasteiger partial charge in [0.25, 0.3) is 0 Å². The molecule has 0 saturated heterocycles. The predicted octanol–water partition coefficient (Wildman–Crippen LogP) is 2.36. The van der Waals surface area contributed by atoms with E-state index in [2.05, 4.69) is 15.3 Å². The molecule has 0 amide bonds. The number of benzene rings is 1. The van der Waals surface area contributed by atoms with Crippen LogP contribution in [-0.4, -0.2) is 23.6 Å². The lowest BCUT2D eigenvalue weighted by atomic mass is 10.1. The Bertz CT molecular complexity index is 511. The fraction of sp³-hybridized carbons (Fsp3) is 0.333. The molecule has 2 aromatic rings. The van der Waals surface area contributed by atoms with Crippen molar-refractivity contribution in [1.82, 2.24) is 15.3 Å². The SMILES string of the molecule is CNCCCc1ccnc(Cc2ccc(F)cc2)n1. The third-order valence-electron chi connectivity index (χ3n) is 2.90. The van der Waals surface area contributed by atoms with Crippen molar-refractivity contribution < 1.29 is 4.39 Å². The molecule has 0 atom stereocenters. The van der Waals surface area contributed by atoms with E-state index in [0.717, 1.165) is 36.5 Å². The Morgan fingerprint density at radius 1 is 1.16 bits per heavy atom. The van der Waals surface area contributed by atoms with Gasteiger partial charge in [-0.1, -0.05) is 12.1 Å². The molecule has 3 nitrogen and oxygen atoms in total. The fourth-order valence-electron chi connectivity index (χ4n) is 1.90. The van der Waals surface area contributed by atoms with Crippen LogP contribution in [-0.2, 0) is 12.8 Å². The van der Waals surface area contributed by atoms with E-state index in [1.165, 1.54) is 12.1 Å². The molecular weight excluding hydrogens is 241 g/mol. The van der Waals surface area contributed by atoms with Gasteiger partial charge < -0.3 is 5.32 Å². The number of rotatable bonds is 6. The average Bonchev–Trinajstić information content (AvgIpc) is 2.42. The molecule has 0 bridgehead atoms. The van der Waals surface area contributed by atoms with Crippen LogP contribution in [0.15, 0.2) is 36.5 Å². The molecular formula is C15H18FN3. The highest BCUT2D eigenvalue weighted by Gasteiger charge is 2.02. The number of nitrogens with one attached hydrogen (secondary N) is 1. The first-order chi connectivity index (χ1) is 9.28. The van der Waals surface area contributed by atoms with E-state index in [1.54, 1.807) is 18.3 Å². The van der Waals surface area contributed by atoms with Gasteiger partial charge in [0.1, 0.15) is 11.6 Å². The highest BCUT2D eigenvalue weighted by Crippen LogP contribution is 2.08. The fourth-order valence-corrected chi connectivity index (χ4v) is 1.90. The Morgan fingerprint density at radius 3 is 2.68 bits per heavy atom. The van der Waals surface area contributed by atoms with E-state index in [9.17, 15) is 4.39 Å². The summed E-state index contributed by atoms with van der Waals surface area (Å²) in [7, 11) is 1.94. The molecule has 1 aromatic carbocycles. The first-order valence-electron chi connectivity index (χ1n) is 6.48. The summed E-state index contributed by atoms with van der Waals surface area (Å²) in [5.74, 6) is 0.569. The largest absolute Gasteiger partial charge is 0.320 e. The standard InChI is InChI=1S/C15H18FN3/c1-17-9-2-3-14-8-10-18-15(19-14)11-12-4-6-13(16)7-5-12/h4-8,10,17H,2-3,9,11H2,1H3. The molecule has 0 radical (unpaired) electrons. The Kier molecular flexibility index (Phi) is 4.98. The van der Waals surface area contributed by atoms with E-state index in [0.29, 0.717) is 6.42 Å². The van der Waals surface area contributed by atoms with Gasteiger partial charge in [-0.2, -0.15) is 0 Å². The molecule has 2 rings (SSSR count). The monoisotopic (exact) mass is 259 g/mol. The van der Waals surface area contributed by atoms with Gasteiger partial charge >= 0.3 is 0 Å². The van der Waals surface area contributed by atoms with E-state index in [-0.39, 0.29) is 5.82 Å². The molecule has 1 N–H and O–H groups in total. The van der Waals surface area contributed by atoms with Gasteiger partial charge in [0.15, 0.2) is 0 Å². The van der Waals surface area contributed by atoms with Gasteiger partial charge in [-0.15, -0.1) is 0 Å². The lowest BCUT2D eigenvalue weighted by molar-refractivity contribution is 0.627. The van der Waals surface area contributed by atoms with Crippen molar-refractivity contribution in [1.29, 1.82) is 0 Å². The van der Waals surface area contributed by atoms with Gasteiger partial charge in [0.2, 0.25) is 0 Å². The molecule has 4 heteroatoms. The zero-order chi connectivity index (χ0) is 13.5. The van der Waals surface area contributed by atoms with Crippen molar-refractivity contribution >= 4 is 0 Å². The second-order valence-corrected chi connectivity index (χ2v) is 4.47. The van der Waals surface area contributed by atoms with E-state index < -0.39 is 0 Å². The van der Waals surface area contributed by atoms with Gasteiger partial charge in [0, 0.05) is 18.3 Å². The lowest BCUT2D eigenvalue weighted by Crippen LogP contribution is -2.09. The van der Waals surface area contributed by atoms with Crippen LogP contribution >= 0.6 is 0 Å². The maximum Gasteiger partial charge on any atom is 0.132 e. The number of aryl methyl sites for hydroxylation is 1. The van der Waals surface area contributed by atoms with Crippen LogP contribution < -0.4 is 5.32 Å². The number of hydrogen-bond donors (Lipinski definition) is 1. The summed E-state index contributed by atoms with van der Waals surface area (Å²) in [5.41, 5.74) is 2.08. The van der Waals surface area contributed by atoms with Gasteiger partial charge in [-0.25, -0.2) is 14.4 Å². The Hall–Kier alpha value is -1.81. The molecule has 0 saturated carbocycles. The van der Waals surface area contributed by atoms with Crippen molar-refractivity contribution in [2.75, 3.05) is 13.6 Å². The summed E-state index contributed by atoms with van der Waals surface area (Å²) in [6.07, 6.45) is 4.43. The minimum atomic E-state index is -0.217. The normalized spacial score (nSPS) is 10.6. The molecule has 1 aromatic heterocycles. The molecule has 19 heavy (non-hydrogen) atoms. The number of nitrogens with zero attached hydrogens (tertiary/aromatic N) is 2. The van der Waals surface area contributed by atoms with Crippen LogP contribution in [0.3, 0.4) is 0 Å². The molecule has 100 valence electrons. The van der Waals surface area contributed by atoms with Crippen molar-refractivity contribution in [2.24, 2.45) is 0 Å². The quantitative estimate of drug-likeness (QED) is 0.809. The number of hydrogen-bond acceptors (Lipinski definition) is 3. The zero-order valence-corrected chi connectivity index (χ0v) is 11.1. The third-order valence-corrected chi connectivity index (χ3v) is 2.90. The molecule has 0 aliphatic rings. The second kappa shape index (κ2) is 6.95. The first kappa shape index (κ1) is 13.6. The summed E-state index contributed by atoms with van der Waals surface area (Å²) in [4.78, 5) is 8.79. The summed E-state index contributed by atoms with van der Waals surface area (Å²) in [5, 5.41) is 3.12.